The summed E-state index contributed by atoms with van der Waals surface area (Å²) in [6.45, 7) is 1.32. The molecule has 2 aromatic carbocycles. The van der Waals surface area contributed by atoms with Crippen LogP contribution in [0.15, 0.2) is 60.7 Å². The van der Waals surface area contributed by atoms with Gasteiger partial charge in [0.25, 0.3) is 0 Å². The van der Waals surface area contributed by atoms with Crippen molar-refractivity contribution in [3.8, 4) is 0 Å². The Hall–Kier alpha value is -2.62. The summed E-state index contributed by atoms with van der Waals surface area (Å²) in [7, 11) is 0. The number of esters is 2. The van der Waals surface area contributed by atoms with E-state index < -0.39 is 23.6 Å². The van der Waals surface area contributed by atoms with Crippen LogP contribution in [0.2, 0.25) is 0 Å². The molecule has 24 heavy (non-hydrogen) atoms. The normalized spacial score (nSPS) is 30.9. The third-order valence-corrected chi connectivity index (χ3v) is 5.15. The van der Waals surface area contributed by atoms with E-state index in [-0.39, 0.29) is 11.8 Å². The number of rotatable bonds is 3. The maximum Gasteiger partial charge on any atom is 0.348 e. The first-order valence-electron chi connectivity index (χ1n) is 8.13. The first kappa shape index (κ1) is 14.9. The van der Waals surface area contributed by atoms with Crippen LogP contribution in [-0.2, 0) is 24.7 Å². The van der Waals surface area contributed by atoms with Crippen LogP contribution >= 0.6 is 0 Å². The molecule has 2 aliphatic rings. The SMILES string of the molecule is CC(=O)O[C@H]1C(=O)O[C@@]2(c3ccccc3)[C@@H](c3ccccc3)C[C@@H]12. The lowest BCUT2D eigenvalue weighted by Gasteiger charge is -2.51. The van der Waals surface area contributed by atoms with Gasteiger partial charge >= 0.3 is 11.9 Å². The van der Waals surface area contributed by atoms with E-state index in [2.05, 4.69) is 12.1 Å². The topological polar surface area (TPSA) is 52.6 Å². The lowest BCUT2D eigenvalue weighted by Crippen LogP contribution is -2.52. The Bertz CT molecular complexity index is 771. The molecule has 0 spiro atoms. The minimum atomic E-state index is -0.817. The van der Waals surface area contributed by atoms with Gasteiger partial charge in [-0.2, -0.15) is 0 Å². The molecule has 0 aromatic heterocycles. The van der Waals surface area contributed by atoms with E-state index in [4.69, 9.17) is 9.47 Å². The fourth-order valence-electron chi connectivity index (χ4n) is 4.14. The zero-order valence-corrected chi connectivity index (χ0v) is 13.3. The van der Waals surface area contributed by atoms with Gasteiger partial charge in [0.05, 0.1) is 5.92 Å². The van der Waals surface area contributed by atoms with E-state index in [1.165, 1.54) is 6.92 Å². The van der Waals surface area contributed by atoms with Crippen molar-refractivity contribution < 1.29 is 19.1 Å². The average Bonchev–Trinajstić information content (AvgIpc) is 2.78. The molecule has 4 nitrogen and oxygen atoms in total. The Balaban J connectivity index is 1.78. The first-order chi connectivity index (χ1) is 11.6. The molecule has 1 aliphatic carbocycles. The van der Waals surface area contributed by atoms with Crippen LogP contribution in [0.1, 0.15) is 30.4 Å². The lowest BCUT2D eigenvalue weighted by atomic mass is 9.55. The van der Waals surface area contributed by atoms with Gasteiger partial charge in [-0.15, -0.1) is 0 Å². The summed E-state index contributed by atoms with van der Waals surface area (Å²) < 4.78 is 11.2. The molecule has 2 aromatic rings. The summed E-state index contributed by atoms with van der Waals surface area (Å²) in [6, 6.07) is 19.8. The van der Waals surface area contributed by atoms with Crippen LogP contribution < -0.4 is 0 Å². The average molecular weight is 322 g/mol. The standard InChI is InChI=1S/C20H18O4/c1-13(21)23-18-17-12-16(14-8-4-2-5-9-14)20(17,24-19(18)22)15-10-6-3-7-11-15/h2-11,16-18H,12H2,1H3/t16-,17+,18-,20+/m1/s1. The Morgan fingerprint density at radius 3 is 2.33 bits per heavy atom. The van der Waals surface area contributed by atoms with Crippen LogP contribution in [0, 0.1) is 5.92 Å². The molecule has 0 amide bonds. The summed E-state index contributed by atoms with van der Waals surface area (Å²) in [6.07, 6.45) is -0.0644. The van der Waals surface area contributed by atoms with Crippen molar-refractivity contribution in [2.45, 2.75) is 31.0 Å². The number of hydrogen-bond donors (Lipinski definition) is 0. The molecule has 4 heteroatoms. The van der Waals surface area contributed by atoms with Crippen molar-refractivity contribution in [1.82, 2.24) is 0 Å². The van der Waals surface area contributed by atoms with E-state index in [1.807, 2.05) is 48.5 Å². The predicted octanol–water partition coefficient (Wildman–Crippen LogP) is 3.17. The quantitative estimate of drug-likeness (QED) is 0.815. The summed E-state index contributed by atoms with van der Waals surface area (Å²) in [5, 5.41) is 0. The van der Waals surface area contributed by atoms with E-state index in [0.717, 1.165) is 17.5 Å². The Kier molecular flexibility index (Phi) is 3.41. The maximum atomic E-state index is 12.4. The molecule has 4 rings (SSSR count). The van der Waals surface area contributed by atoms with Gasteiger partial charge in [0, 0.05) is 12.8 Å². The van der Waals surface area contributed by atoms with Gasteiger partial charge in [0.1, 0.15) is 0 Å². The van der Waals surface area contributed by atoms with E-state index in [1.54, 1.807) is 0 Å². The maximum absolute atomic E-state index is 12.4. The predicted molar refractivity (Wildman–Crippen MR) is 87.1 cm³/mol. The van der Waals surface area contributed by atoms with Gasteiger partial charge < -0.3 is 9.47 Å². The van der Waals surface area contributed by atoms with E-state index in [9.17, 15) is 9.59 Å². The number of carbonyl (C=O) groups is 2. The molecule has 122 valence electrons. The zero-order chi connectivity index (χ0) is 16.7. The minimum absolute atomic E-state index is 0.0654. The molecule has 4 atom stereocenters. The molecule has 1 saturated heterocycles. The monoisotopic (exact) mass is 322 g/mol. The number of carbonyl (C=O) groups excluding carboxylic acids is 2. The Morgan fingerprint density at radius 2 is 1.71 bits per heavy atom. The van der Waals surface area contributed by atoms with E-state index >= 15 is 0 Å². The molecule has 0 N–H and O–H groups in total. The summed E-state index contributed by atoms with van der Waals surface area (Å²) in [5.74, 6) is -0.987. The zero-order valence-electron chi connectivity index (χ0n) is 13.3. The van der Waals surface area contributed by atoms with Crippen LogP contribution in [0.4, 0.5) is 0 Å². The fraction of sp³-hybridized carbons (Fsp3) is 0.300. The summed E-state index contributed by atoms with van der Waals surface area (Å²) >= 11 is 0. The molecule has 1 aliphatic heterocycles. The Morgan fingerprint density at radius 1 is 1.08 bits per heavy atom. The van der Waals surface area contributed by atoms with Gasteiger partial charge in [-0.1, -0.05) is 60.7 Å². The fourth-order valence-corrected chi connectivity index (χ4v) is 4.14. The molecule has 0 radical (unpaired) electrons. The third-order valence-electron chi connectivity index (χ3n) is 5.15. The number of hydrogen-bond acceptors (Lipinski definition) is 4. The number of ether oxygens (including phenoxy) is 2. The van der Waals surface area contributed by atoms with Crippen molar-refractivity contribution in [3.05, 3.63) is 71.8 Å². The number of benzene rings is 2. The van der Waals surface area contributed by atoms with Gasteiger partial charge in [-0.05, 0) is 17.5 Å². The third kappa shape index (κ3) is 2.06. The van der Waals surface area contributed by atoms with Crippen LogP contribution in [0.5, 0.6) is 0 Å². The van der Waals surface area contributed by atoms with Gasteiger partial charge in [-0.3, -0.25) is 4.79 Å². The summed E-state index contributed by atoms with van der Waals surface area (Å²) in [4.78, 5) is 23.8. The molecule has 2 fully saturated rings. The highest BCUT2D eigenvalue weighted by Crippen LogP contribution is 2.64. The second-order valence-electron chi connectivity index (χ2n) is 6.42. The molecule has 1 heterocycles. The van der Waals surface area contributed by atoms with Gasteiger partial charge in [-0.25, -0.2) is 4.79 Å². The Labute approximate surface area is 140 Å². The van der Waals surface area contributed by atoms with Crippen LogP contribution in [-0.4, -0.2) is 18.0 Å². The molecule has 1 saturated carbocycles. The smallest absolute Gasteiger partial charge is 0.348 e. The van der Waals surface area contributed by atoms with Gasteiger partial charge in [0.15, 0.2) is 5.60 Å². The molecular formula is C20H18O4. The van der Waals surface area contributed by atoms with Crippen LogP contribution in [0.25, 0.3) is 0 Å². The van der Waals surface area contributed by atoms with E-state index in [0.29, 0.717) is 0 Å². The van der Waals surface area contributed by atoms with Crippen molar-refractivity contribution in [3.63, 3.8) is 0 Å². The molecular weight excluding hydrogens is 304 g/mol. The highest BCUT2D eigenvalue weighted by Gasteiger charge is 2.69. The van der Waals surface area contributed by atoms with Gasteiger partial charge in [0.2, 0.25) is 6.10 Å². The highest BCUT2D eigenvalue weighted by molar-refractivity contribution is 5.83. The van der Waals surface area contributed by atoms with Crippen molar-refractivity contribution in [2.75, 3.05) is 0 Å². The lowest BCUT2D eigenvalue weighted by molar-refractivity contribution is -0.164. The largest absolute Gasteiger partial charge is 0.450 e. The van der Waals surface area contributed by atoms with Crippen molar-refractivity contribution in [1.29, 1.82) is 0 Å². The van der Waals surface area contributed by atoms with Crippen molar-refractivity contribution >= 4 is 11.9 Å². The molecule has 0 unspecified atom stereocenters. The summed E-state index contributed by atoms with van der Waals surface area (Å²) in [5.41, 5.74) is 1.34. The first-order valence-corrected chi connectivity index (χ1v) is 8.13. The van der Waals surface area contributed by atoms with Crippen molar-refractivity contribution in [2.24, 2.45) is 5.92 Å². The second-order valence-corrected chi connectivity index (χ2v) is 6.42. The number of fused-ring (bicyclic) bond motifs is 1. The molecule has 0 bridgehead atoms. The highest BCUT2D eigenvalue weighted by atomic mass is 16.6. The minimum Gasteiger partial charge on any atom is -0.450 e. The second kappa shape index (κ2) is 5.48. The van der Waals surface area contributed by atoms with Crippen LogP contribution in [0.3, 0.4) is 0 Å².